The molecule has 3 rings (SSSR count). The van der Waals surface area contributed by atoms with Gasteiger partial charge in [0.1, 0.15) is 11.0 Å². The molecule has 0 amide bonds. The second kappa shape index (κ2) is 7.69. The Kier molecular flexibility index (Phi) is 5.69. The van der Waals surface area contributed by atoms with Crippen LogP contribution in [0.3, 0.4) is 0 Å². The molecule has 144 valence electrons. The molecule has 3 aromatic rings. The Balaban J connectivity index is 2.00. The van der Waals surface area contributed by atoms with Gasteiger partial charge in [-0.1, -0.05) is 10.5 Å². The predicted molar refractivity (Wildman–Crippen MR) is 106 cm³/mol. The van der Waals surface area contributed by atoms with Crippen LogP contribution in [-0.4, -0.2) is 28.3 Å². The van der Waals surface area contributed by atoms with Crippen molar-refractivity contribution < 1.29 is 22.5 Å². The van der Waals surface area contributed by atoms with E-state index in [1.165, 1.54) is 0 Å². The standard InChI is InChI=1S/C19H18F3NO2S2/c1-11(2)27(24)23-12(3)13-4-6-17-15(8-13)16-9-14(5-7-18(16)26-17)25-10-19(20,21)22/h4-9,11H,10H2,1-3H3/b23-12+. The first-order valence-electron chi connectivity index (χ1n) is 8.26. The quantitative estimate of drug-likeness (QED) is 0.387. The van der Waals surface area contributed by atoms with E-state index < -0.39 is 24.1 Å². The summed E-state index contributed by atoms with van der Waals surface area (Å²) < 4.78 is 60.2. The number of fused-ring (bicyclic) bond motifs is 3. The molecule has 0 spiro atoms. The highest BCUT2D eigenvalue weighted by Gasteiger charge is 2.28. The number of hydrogen-bond acceptors (Lipinski definition) is 4. The zero-order chi connectivity index (χ0) is 19.8. The molecular formula is C19H18F3NO2S2. The van der Waals surface area contributed by atoms with Gasteiger partial charge < -0.3 is 9.29 Å². The first-order valence-corrected chi connectivity index (χ1v) is 10.2. The number of benzene rings is 2. The monoisotopic (exact) mass is 413 g/mol. The Hall–Kier alpha value is -1.77. The Morgan fingerprint density at radius 1 is 1.15 bits per heavy atom. The molecular weight excluding hydrogens is 395 g/mol. The fraction of sp³-hybridized carbons (Fsp3) is 0.316. The summed E-state index contributed by atoms with van der Waals surface area (Å²) in [5, 5.41) is 1.67. The van der Waals surface area contributed by atoms with Crippen LogP contribution in [0.2, 0.25) is 0 Å². The van der Waals surface area contributed by atoms with Crippen LogP contribution >= 0.6 is 11.3 Å². The summed E-state index contributed by atoms with van der Waals surface area (Å²) in [6.07, 6.45) is -4.38. The Morgan fingerprint density at radius 2 is 1.78 bits per heavy atom. The second-order valence-corrected chi connectivity index (χ2v) is 9.14. The molecule has 1 aromatic heterocycles. The third-order valence-electron chi connectivity index (χ3n) is 3.89. The highest BCUT2D eigenvalue weighted by Crippen LogP contribution is 2.36. The van der Waals surface area contributed by atoms with E-state index in [-0.39, 0.29) is 11.0 Å². The average Bonchev–Trinajstić information content (AvgIpc) is 2.96. The van der Waals surface area contributed by atoms with E-state index in [0.29, 0.717) is 5.71 Å². The van der Waals surface area contributed by atoms with E-state index >= 15 is 0 Å². The molecule has 0 aliphatic rings. The van der Waals surface area contributed by atoms with E-state index in [1.807, 2.05) is 32.0 Å². The molecule has 0 radical (unpaired) electrons. The molecule has 0 aliphatic heterocycles. The van der Waals surface area contributed by atoms with Crippen molar-refractivity contribution in [1.82, 2.24) is 0 Å². The molecule has 0 fully saturated rings. The van der Waals surface area contributed by atoms with Gasteiger partial charge in [-0.05, 0) is 51.1 Å². The molecule has 0 bridgehead atoms. The third kappa shape index (κ3) is 4.75. The zero-order valence-electron chi connectivity index (χ0n) is 15.0. The second-order valence-electron chi connectivity index (χ2n) is 6.38. The molecule has 8 heteroatoms. The first-order chi connectivity index (χ1) is 12.6. The lowest BCUT2D eigenvalue weighted by atomic mass is 10.1. The van der Waals surface area contributed by atoms with Crippen molar-refractivity contribution in [3.05, 3.63) is 42.0 Å². The SMILES string of the molecule is C/C(=N\[S+]([O-])C(C)C)c1ccc2sc3ccc(OCC(F)(F)F)cc3c2c1. The number of thiophene rings is 1. The highest BCUT2D eigenvalue weighted by molar-refractivity contribution is 7.90. The molecule has 3 nitrogen and oxygen atoms in total. The van der Waals surface area contributed by atoms with Crippen LogP contribution in [0.1, 0.15) is 26.3 Å². The van der Waals surface area contributed by atoms with Gasteiger partial charge in [-0.2, -0.15) is 13.2 Å². The van der Waals surface area contributed by atoms with Crippen LogP contribution in [0.5, 0.6) is 5.75 Å². The molecule has 1 unspecified atom stereocenters. The maximum Gasteiger partial charge on any atom is 0.422 e. The van der Waals surface area contributed by atoms with Crippen molar-refractivity contribution in [3.8, 4) is 5.75 Å². The fourth-order valence-corrected chi connectivity index (χ4v) is 4.18. The summed E-state index contributed by atoms with van der Waals surface area (Å²) in [5.74, 6) is 0.177. The van der Waals surface area contributed by atoms with Crippen molar-refractivity contribution in [1.29, 1.82) is 0 Å². The lowest BCUT2D eigenvalue weighted by Crippen LogP contribution is -2.19. The van der Waals surface area contributed by atoms with Crippen molar-refractivity contribution in [2.24, 2.45) is 4.40 Å². The lowest BCUT2D eigenvalue weighted by molar-refractivity contribution is -0.153. The van der Waals surface area contributed by atoms with Crippen LogP contribution in [-0.2, 0) is 11.4 Å². The maximum absolute atomic E-state index is 12.4. The minimum absolute atomic E-state index is 0.0704. The summed E-state index contributed by atoms with van der Waals surface area (Å²) in [7, 11) is 0. The van der Waals surface area contributed by atoms with Gasteiger partial charge >= 0.3 is 6.18 Å². The normalized spacial score (nSPS) is 14.3. The molecule has 0 aliphatic carbocycles. The van der Waals surface area contributed by atoms with Gasteiger partial charge in [-0.3, -0.25) is 0 Å². The topological polar surface area (TPSA) is 44.7 Å². The van der Waals surface area contributed by atoms with Gasteiger partial charge in [0.15, 0.2) is 6.61 Å². The molecule has 1 atom stereocenters. The number of halogens is 3. The van der Waals surface area contributed by atoms with E-state index in [1.54, 1.807) is 36.5 Å². The van der Waals surface area contributed by atoms with Gasteiger partial charge in [-0.15, -0.1) is 11.3 Å². The summed E-state index contributed by atoms with van der Waals surface area (Å²) in [6.45, 7) is 4.16. The molecule has 27 heavy (non-hydrogen) atoms. The number of hydrogen-bond donors (Lipinski definition) is 0. The Morgan fingerprint density at radius 3 is 2.41 bits per heavy atom. The van der Waals surface area contributed by atoms with E-state index in [9.17, 15) is 17.7 Å². The number of nitrogens with zero attached hydrogens (tertiary/aromatic N) is 1. The van der Waals surface area contributed by atoms with Crippen LogP contribution in [0.25, 0.3) is 20.2 Å². The van der Waals surface area contributed by atoms with Crippen LogP contribution in [0.15, 0.2) is 40.8 Å². The number of alkyl halides is 3. The first kappa shape index (κ1) is 20.0. The summed E-state index contributed by atoms with van der Waals surface area (Å²) >= 11 is 0.251. The van der Waals surface area contributed by atoms with Gasteiger partial charge in [0.05, 0.1) is 17.1 Å². The predicted octanol–water partition coefficient (Wildman–Crippen LogP) is 5.88. The summed E-state index contributed by atoms with van der Waals surface area (Å²) in [6, 6.07) is 10.7. The molecule has 0 N–H and O–H groups in total. The lowest BCUT2D eigenvalue weighted by Gasteiger charge is -2.09. The van der Waals surface area contributed by atoms with Gasteiger partial charge in [-0.25, -0.2) is 0 Å². The summed E-state index contributed by atoms with van der Waals surface area (Å²) in [5.41, 5.74) is 1.49. The summed E-state index contributed by atoms with van der Waals surface area (Å²) in [4.78, 5) is 0. The van der Waals surface area contributed by atoms with Crippen molar-refractivity contribution in [3.63, 3.8) is 0 Å². The minimum Gasteiger partial charge on any atom is -0.591 e. The van der Waals surface area contributed by atoms with Gasteiger partial charge in [0.25, 0.3) is 0 Å². The molecule has 2 aromatic carbocycles. The van der Waals surface area contributed by atoms with E-state index in [4.69, 9.17) is 4.74 Å². The van der Waals surface area contributed by atoms with Gasteiger partial charge in [0.2, 0.25) is 0 Å². The van der Waals surface area contributed by atoms with E-state index in [2.05, 4.69) is 4.40 Å². The molecule has 1 heterocycles. The fourth-order valence-electron chi connectivity index (χ4n) is 2.53. The Labute approximate surface area is 162 Å². The Bertz CT molecular complexity index is 996. The largest absolute Gasteiger partial charge is 0.591 e. The third-order valence-corrected chi connectivity index (χ3v) is 6.30. The smallest absolute Gasteiger partial charge is 0.422 e. The molecule has 0 saturated carbocycles. The van der Waals surface area contributed by atoms with Crippen LogP contribution in [0.4, 0.5) is 13.2 Å². The van der Waals surface area contributed by atoms with Crippen LogP contribution < -0.4 is 4.74 Å². The minimum atomic E-state index is -4.38. The number of ether oxygens (including phenoxy) is 1. The van der Waals surface area contributed by atoms with Crippen molar-refractivity contribution >= 4 is 48.6 Å². The average molecular weight is 413 g/mol. The maximum atomic E-state index is 12.4. The number of rotatable bonds is 5. The van der Waals surface area contributed by atoms with Crippen molar-refractivity contribution in [2.45, 2.75) is 32.2 Å². The van der Waals surface area contributed by atoms with Crippen LogP contribution in [0, 0.1) is 0 Å². The zero-order valence-corrected chi connectivity index (χ0v) is 16.6. The molecule has 0 saturated heterocycles. The highest BCUT2D eigenvalue weighted by atomic mass is 32.2. The van der Waals surface area contributed by atoms with E-state index in [0.717, 1.165) is 25.7 Å². The van der Waals surface area contributed by atoms with Crippen molar-refractivity contribution in [2.75, 3.05) is 6.61 Å². The van der Waals surface area contributed by atoms with Gasteiger partial charge in [0, 0.05) is 25.7 Å².